The molecule has 0 bridgehead atoms. The van der Waals surface area contributed by atoms with E-state index in [1.807, 2.05) is 38.1 Å². The summed E-state index contributed by atoms with van der Waals surface area (Å²) < 4.78 is 42.7. The normalized spacial score (nSPS) is 20.2. The van der Waals surface area contributed by atoms with E-state index in [0.717, 1.165) is 17.4 Å². The van der Waals surface area contributed by atoms with Crippen molar-refractivity contribution in [3.05, 3.63) is 53.5 Å². The maximum absolute atomic E-state index is 13.7. The van der Waals surface area contributed by atoms with Gasteiger partial charge in [-0.15, -0.1) is 5.10 Å². The minimum Gasteiger partial charge on any atom is -0.393 e. The van der Waals surface area contributed by atoms with Crippen LogP contribution in [0, 0.1) is 12.3 Å². The van der Waals surface area contributed by atoms with Crippen LogP contribution in [0.3, 0.4) is 0 Å². The summed E-state index contributed by atoms with van der Waals surface area (Å²) in [5.41, 5.74) is 0.418. The molecule has 1 aliphatic rings. The van der Waals surface area contributed by atoms with Crippen molar-refractivity contribution in [2.24, 2.45) is 5.41 Å². The fourth-order valence-electron chi connectivity index (χ4n) is 4.37. The summed E-state index contributed by atoms with van der Waals surface area (Å²) in [6, 6.07) is 8.70. The molecule has 34 heavy (non-hydrogen) atoms. The standard InChI is InChI=1S/C23H28F3N7O/c1-14-30-31-32-33(14)19-7-5-4-6-15(19)12-27-21-10-18(17(13-28-21)23(24,25)26)29-16-8-9-20(34)22(2,3)11-16/h4-7,10,13,16,20,34H,8-9,11-12H2,1-3H3,(H2,27,28,29)/t16?,20-/m1/s1. The zero-order valence-electron chi connectivity index (χ0n) is 19.3. The minimum atomic E-state index is -4.54. The molecule has 11 heteroatoms. The third-order valence-electron chi connectivity index (χ3n) is 6.34. The molecule has 0 amide bonds. The van der Waals surface area contributed by atoms with Crippen molar-refractivity contribution in [1.29, 1.82) is 0 Å². The number of hydrogen-bond donors (Lipinski definition) is 3. The van der Waals surface area contributed by atoms with Gasteiger partial charge >= 0.3 is 6.18 Å². The maximum Gasteiger partial charge on any atom is 0.419 e. The molecule has 0 aliphatic heterocycles. The molecule has 0 saturated heterocycles. The van der Waals surface area contributed by atoms with Gasteiger partial charge in [0, 0.05) is 24.8 Å². The highest BCUT2D eigenvalue weighted by atomic mass is 19.4. The van der Waals surface area contributed by atoms with E-state index in [4.69, 9.17) is 0 Å². The quantitative estimate of drug-likeness (QED) is 0.487. The zero-order valence-corrected chi connectivity index (χ0v) is 19.3. The number of nitrogens with zero attached hydrogens (tertiary/aromatic N) is 5. The zero-order chi connectivity index (χ0) is 24.5. The Kier molecular flexibility index (Phi) is 6.48. The number of hydrogen-bond acceptors (Lipinski definition) is 7. The summed E-state index contributed by atoms with van der Waals surface area (Å²) in [4.78, 5) is 4.01. The van der Waals surface area contributed by atoms with E-state index in [0.29, 0.717) is 37.4 Å². The van der Waals surface area contributed by atoms with Crippen LogP contribution in [-0.2, 0) is 12.7 Å². The minimum absolute atomic E-state index is 0.0215. The molecule has 182 valence electrons. The van der Waals surface area contributed by atoms with E-state index >= 15 is 0 Å². The molecule has 1 fully saturated rings. The maximum atomic E-state index is 13.7. The summed E-state index contributed by atoms with van der Waals surface area (Å²) in [7, 11) is 0. The van der Waals surface area contributed by atoms with Crippen LogP contribution in [0.4, 0.5) is 24.7 Å². The molecular weight excluding hydrogens is 447 g/mol. The number of anilines is 2. The van der Waals surface area contributed by atoms with Crippen LogP contribution in [-0.4, -0.2) is 42.4 Å². The van der Waals surface area contributed by atoms with Crippen LogP contribution in [0.5, 0.6) is 0 Å². The second-order valence-electron chi connectivity index (χ2n) is 9.36. The van der Waals surface area contributed by atoms with Crippen LogP contribution in [0.2, 0.25) is 0 Å². The number of benzene rings is 1. The van der Waals surface area contributed by atoms with Crippen molar-refractivity contribution in [2.45, 2.75) is 64.9 Å². The lowest BCUT2D eigenvalue weighted by Gasteiger charge is -2.40. The van der Waals surface area contributed by atoms with Crippen molar-refractivity contribution in [2.75, 3.05) is 10.6 Å². The highest BCUT2D eigenvalue weighted by Gasteiger charge is 2.38. The third-order valence-corrected chi connectivity index (χ3v) is 6.34. The van der Waals surface area contributed by atoms with Crippen molar-refractivity contribution < 1.29 is 18.3 Å². The van der Waals surface area contributed by atoms with Gasteiger partial charge in [-0.3, -0.25) is 0 Å². The molecule has 3 aromatic rings. The molecule has 1 aliphatic carbocycles. The van der Waals surface area contributed by atoms with Gasteiger partial charge in [-0.05, 0) is 53.7 Å². The molecule has 3 N–H and O–H groups in total. The number of halogens is 3. The Hall–Kier alpha value is -3.21. The first-order chi connectivity index (χ1) is 16.0. The fraction of sp³-hybridized carbons (Fsp3) is 0.478. The van der Waals surface area contributed by atoms with Crippen LogP contribution in [0.15, 0.2) is 36.5 Å². The molecule has 0 radical (unpaired) electrons. The van der Waals surface area contributed by atoms with Crippen molar-refractivity contribution in [3.63, 3.8) is 0 Å². The predicted molar refractivity (Wildman–Crippen MR) is 122 cm³/mol. The highest BCUT2D eigenvalue weighted by molar-refractivity contribution is 5.59. The average molecular weight is 476 g/mol. The smallest absolute Gasteiger partial charge is 0.393 e. The van der Waals surface area contributed by atoms with Crippen molar-refractivity contribution in [1.82, 2.24) is 25.2 Å². The number of alkyl halides is 3. The van der Waals surface area contributed by atoms with Gasteiger partial charge in [-0.2, -0.15) is 17.9 Å². The second kappa shape index (κ2) is 9.21. The van der Waals surface area contributed by atoms with Crippen LogP contribution < -0.4 is 10.6 Å². The van der Waals surface area contributed by atoms with E-state index in [2.05, 4.69) is 31.1 Å². The number of aliphatic hydroxyl groups excluding tert-OH is 1. The molecule has 2 heterocycles. The number of aryl methyl sites for hydroxylation is 1. The molecule has 2 atom stereocenters. The molecule has 1 unspecified atom stereocenters. The van der Waals surface area contributed by atoms with E-state index < -0.39 is 17.8 Å². The van der Waals surface area contributed by atoms with E-state index in [1.165, 1.54) is 6.07 Å². The number of pyridine rings is 1. The summed E-state index contributed by atoms with van der Waals surface area (Å²) in [6.07, 6.45) is -2.46. The summed E-state index contributed by atoms with van der Waals surface area (Å²) in [5.74, 6) is 0.931. The molecule has 2 aromatic heterocycles. The SMILES string of the molecule is Cc1nnnn1-c1ccccc1CNc1cc(NC2CC[C@@H](O)C(C)(C)C2)c(C(F)(F)F)cn1. The third kappa shape index (κ3) is 5.14. The second-order valence-corrected chi connectivity index (χ2v) is 9.36. The van der Waals surface area contributed by atoms with Crippen molar-refractivity contribution >= 4 is 11.5 Å². The van der Waals surface area contributed by atoms with Gasteiger partial charge in [0.15, 0.2) is 5.82 Å². The predicted octanol–water partition coefficient (Wildman–Crippen LogP) is 4.35. The average Bonchev–Trinajstić information content (AvgIpc) is 3.20. The van der Waals surface area contributed by atoms with Gasteiger partial charge in [-0.1, -0.05) is 32.0 Å². The van der Waals surface area contributed by atoms with E-state index in [9.17, 15) is 18.3 Å². The Balaban J connectivity index is 1.56. The number of aliphatic hydroxyl groups is 1. The Morgan fingerprint density at radius 1 is 1.21 bits per heavy atom. The first-order valence-corrected chi connectivity index (χ1v) is 11.1. The van der Waals surface area contributed by atoms with Gasteiger partial charge in [0.1, 0.15) is 5.82 Å². The first-order valence-electron chi connectivity index (χ1n) is 11.1. The summed E-state index contributed by atoms with van der Waals surface area (Å²) in [5, 5.41) is 28.0. The van der Waals surface area contributed by atoms with Crippen LogP contribution in [0.1, 0.15) is 50.1 Å². The number of rotatable bonds is 6. The fourth-order valence-corrected chi connectivity index (χ4v) is 4.37. The van der Waals surface area contributed by atoms with Gasteiger partial charge in [0.2, 0.25) is 0 Å². The largest absolute Gasteiger partial charge is 0.419 e. The van der Waals surface area contributed by atoms with Gasteiger partial charge in [0.05, 0.1) is 23.0 Å². The number of aromatic nitrogens is 5. The van der Waals surface area contributed by atoms with Gasteiger partial charge < -0.3 is 15.7 Å². The Morgan fingerprint density at radius 2 is 1.97 bits per heavy atom. The summed E-state index contributed by atoms with van der Waals surface area (Å²) >= 11 is 0. The molecule has 4 rings (SSSR count). The van der Waals surface area contributed by atoms with Crippen LogP contribution >= 0.6 is 0 Å². The van der Waals surface area contributed by atoms with Crippen LogP contribution in [0.25, 0.3) is 5.69 Å². The molecule has 0 spiro atoms. The van der Waals surface area contributed by atoms with E-state index in [1.54, 1.807) is 11.6 Å². The highest BCUT2D eigenvalue weighted by Crippen LogP contribution is 2.40. The first kappa shape index (κ1) is 23.9. The van der Waals surface area contributed by atoms with Gasteiger partial charge in [0.25, 0.3) is 0 Å². The Bertz CT molecular complexity index is 1150. The Labute approximate surface area is 195 Å². The lowest BCUT2D eigenvalue weighted by Crippen LogP contribution is -2.41. The van der Waals surface area contributed by atoms with Crippen molar-refractivity contribution in [3.8, 4) is 5.69 Å². The molecule has 1 aromatic carbocycles. The molecular formula is C23H28F3N7O. The molecule has 1 saturated carbocycles. The lowest BCUT2D eigenvalue weighted by molar-refractivity contribution is -0.137. The van der Waals surface area contributed by atoms with Gasteiger partial charge in [-0.25, -0.2) is 4.98 Å². The topological polar surface area (TPSA) is 101 Å². The number of tetrazole rings is 1. The number of nitrogens with one attached hydrogen (secondary N) is 2. The Morgan fingerprint density at radius 3 is 2.65 bits per heavy atom. The van der Waals surface area contributed by atoms with E-state index in [-0.39, 0.29) is 17.1 Å². The monoisotopic (exact) mass is 475 g/mol. The number of para-hydroxylation sites is 1. The lowest BCUT2D eigenvalue weighted by atomic mass is 9.73. The molecule has 8 nitrogen and oxygen atoms in total. The summed E-state index contributed by atoms with van der Waals surface area (Å²) in [6.45, 7) is 5.96.